The van der Waals surface area contributed by atoms with E-state index in [1.165, 1.54) is 19.2 Å². The zero-order chi connectivity index (χ0) is 13.0. The molecule has 0 radical (unpaired) electrons. The third-order valence-corrected chi connectivity index (χ3v) is 2.46. The van der Waals surface area contributed by atoms with Gasteiger partial charge >= 0.3 is 0 Å². The van der Waals surface area contributed by atoms with Gasteiger partial charge in [-0.05, 0) is 18.2 Å². The highest BCUT2D eigenvalue weighted by Gasteiger charge is 2.12. The van der Waals surface area contributed by atoms with E-state index in [9.17, 15) is 9.90 Å². The second kappa shape index (κ2) is 5.22. The van der Waals surface area contributed by atoms with E-state index < -0.39 is 0 Å². The van der Waals surface area contributed by atoms with Crippen molar-refractivity contribution < 1.29 is 14.6 Å². The number of aromatic hydroxyl groups is 1. The Bertz CT molecular complexity index is 538. The van der Waals surface area contributed by atoms with Crippen molar-refractivity contribution >= 4 is 5.91 Å². The molecule has 0 aliphatic heterocycles. The standard InChI is InChI=1S/C12H13N3O3/c1-18-9-2-3-11(16)10(4-9)12(17)13-5-8-6-14-15-7-8/h2-4,6-7,16H,5H2,1H3,(H,13,17)(H,14,15). The van der Waals surface area contributed by atoms with Crippen LogP contribution in [0.4, 0.5) is 0 Å². The van der Waals surface area contributed by atoms with E-state index in [2.05, 4.69) is 15.5 Å². The van der Waals surface area contributed by atoms with Crippen LogP contribution in [0.3, 0.4) is 0 Å². The van der Waals surface area contributed by atoms with Crippen LogP contribution in [0, 0.1) is 0 Å². The molecule has 6 nitrogen and oxygen atoms in total. The topological polar surface area (TPSA) is 87.2 Å². The first-order valence-corrected chi connectivity index (χ1v) is 5.33. The van der Waals surface area contributed by atoms with Crippen molar-refractivity contribution in [3.8, 4) is 11.5 Å². The molecule has 94 valence electrons. The minimum Gasteiger partial charge on any atom is -0.507 e. The molecule has 2 rings (SSSR count). The van der Waals surface area contributed by atoms with Crippen LogP contribution in [0.15, 0.2) is 30.6 Å². The molecule has 1 heterocycles. The van der Waals surface area contributed by atoms with Gasteiger partial charge in [-0.3, -0.25) is 9.89 Å². The second-order valence-corrected chi connectivity index (χ2v) is 3.67. The van der Waals surface area contributed by atoms with Crippen molar-refractivity contribution in [1.29, 1.82) is 0 Å². The van der Waals surface area contributed by atoms with Crippen LogP contribution in [-0.2, 0) is 6.54 Å². The lowest BCUT2D eigenvalue weighted by atomic mass is 10.1. The molecule has 0 fully saturated rings. The van der Waals surface area contributed by atoms with Crippen LogP contribution >= 0.6 is 0 Å². The number of aromatic nitrogens is 2. The minimum atomic E-state index is -0.368. The highest BCUT2D eigenvalue weighted by molar-refractivity contribution is 5.97. The Kier molecular flexibility index (Phi) is 3.47. The summed E-state index contributed by atoms with van der Waals surface area (Å²) in [7, 11) is 1.50. The van der Waals surface area contributed by atoms with Gasteiger partial charge in [0.15, 0.2) is 0 Å². The first-order valence-electron chi connectivity index (χ1n) is 5.33. The van der Waals surface area contributed by atoms with Gasteiger partial charge in [-0.1, -0.05) is 0 Å². The lowest BCUT2D eigenvalue weighted by Crippen LogP contribution is -2.22. The summed E-state index contributed by atoms with van der Waals surface area (Å²) >= 11 is 0. The molecule has 1 aromatic carbocycles. The summed E-state index contributed by atoms with van der Waals surface area (Å²) in [6, 6.07) is 4.49. The Morgan fingerprint density at radius 3 is 3.06 bits per heavy atom. The molecule has 6 heteroatoms. The number of H-pyrrole nitrogens is 1. The monoisotopic (exact) mass is 247 g/mol. The van der Waals surface area contributed by atoms with Gasteiger partial charge in [0, 0.05) is 18.3 Å². The predicted molar refractivity (Wildman–Crippen MR) is 64.4 cm³/mol. The van der Waals surface area contributed by atoms with E-state index in [1.807, 2.05) is 0 Å². The molecular weight excluding hydrogens is 234 g/mol. The molecule has 0 unspecified atom stereocenters. The number of phenols is 1. The number of hydrogen-bond acceptors (Lipinski definition) is 4. The number of rotatable bonds is 4. The van der Waals surface area contributed by atoms with Crippen LogP contribution in [0.2, 0.25) is 0 Å². The van der Waals surface area contributed by atoms with Gasteiger partial charge in [0.05, 0.1) is 18.9 Å². The molecule has 18 heavy (non-hydrogen) atoms. The third-order valence-electron chi connectivity index (χ3n) is 2.46. The molecule has 0 saturated carbocycles. The number of nitrogens with zero attached hydrogens (tertiary/aromatic N) is 1. The highest BCUT2D eigenvalue weighted by Crippen LogP contribution is 2.22. The van der Waals surface area contributed by atoms with Crippen LogP contribution in [0.5, 0.6) is 11.5 Å². The Balaban J connectivity index is 2.08. The molecule has 2 aromatic rings. The van der Waals surface area contributed by atoms with E-state index in [4.69, 9.17) is 4.74 Å². The normalized spacial score (nSPS) is 10.1. The smallest absolute Gasteiger partial charge is 0.255 e. The summed E-state index contributed by atoms with van der Waals surface area (Å²) in [6.07, 6.45) is 3.30. The van der Waals surface area contributed by atoms with Crippen LogP contribution < -0.4 is 10.1 Å². The molecule has 0 bridgehead atoms. The van der Waals surface area contributed by atoms with E-state index in [0.717, 1.165) is 5.56 Å². The summed E-state index contributed by atoms with van der Waals surface area (Å²) in [5, 5.41) is 18.7. The summed E-state index contributed by atoms with van der Waals surface area (Å²) in [4.78, 5) is 11.9. The number of nitrogens with one attached hydrogen (secondary N) is 2. The maximum atomic E-state index is 11.9. The number of methoxy groups -OCH3 is 1. The average Bonchev–Trinajstić information content (AvgIpc) is 2.89. The zero-order valence-corrected chi connectivity index (χ0v) is 9.80. The molecule has 0 aliphatic carbocycles. The van der Waals surface area contributed by atoms with E-state index >= 15 is 0 Å². The van der Waals surface area contributed by atoms with Crippen molar-refractivity contribution in [3.63, 3.8) is 0 Å². The number of aromatic amines is 1. The first-order chi connectivity index (χ1) is 8.70. The van der Waals surface area contributed by atoms with Gasteiger partial charge in [0.25, 0.3) is 5.91 Å². The maximum Gasteiger partial charge on any atom is 0.255 e. The summed E-state index contributed by atoms with van der Waals surface area (Å²) in [5.74, 6) is 0.0642. The average molecular weight is 247 g/mol. The fraction of sp³-hybridized carbons (Fsp3) is 0.167. The molecule has 0 saturated heterocycles. The highest BCUT2D eigenvalue weighted by atomic mass is 16.5. The van der Waals surface area contributed by atoms with Gasteiger partial charge in [-0.15, -0.1) is 0 Å². The van der Waals surface area contributed by atoms with Gasteiger partial charge in [-0.2, -0.15) is 5.10 Å². The van der Waals surface area contributed by atoms with Crippen molar-refractivity contribution in [3.05, 3.63) is 41.7 Å². The summed E-state index contributed by atoms with van der Waals surface area (Å²) in [6.45, 7) is 0.339. The SMILES string of the molecule is COc1ccc(O)c(C(=O)NCc2cn[nH]c2)c1. The zero-order valence-electron chi connectivity index (χ0n) is 9.80. The fourth-order valence-corrected chi connectivity index (χ4v) is 1.48. The molecule has 0 atom stereocenters. The second-order valence-electron chi connectivity index (χ2n) is 3.67. The molecular formula is C12H13N3O3. The van der Waals surface area contributed by atoms with Crippen molar-refractivity contribution in [2.45, 2.75) is 6.54 Å². The fourth-order valence-electron chi connectivity index (χ4n) is 1.48. The van der Waals surface area contributed by atoms with Crippen molar-refractivity contribution in [2.24, 2.45) is 0 Å². The third kappa shape index (κ3) is 2.60. The number of amides is 1. The number of benzene rings is 1. The van der Waals surface area contributed by atoms with Gasteiger partial charge < -0.3 is 15.2 Å². The lowest BCUT2D eigenvalue weighted by molar-refractivity contribution is 0.0948. The Morgan fingerprint density at radius 1 is 1.56 bits per heavy atom. The molecule has 1 aromatic heterocycles. The van der Waals surface area contributed by atoms with E-state index in [0.29, 0.717) is 12.3 Å². The van der Waals surface area contributed by atoms with Gasteiger partial charge in [-0.25, -0.2) is 0 Å². The predicted octanol–water partition coefficient (Wildman–Crippen LogP) is 1.05. The van der Waals surface area contributed by atoms with Gasteiger partial charge in [0.2, 0.25) is 0 Å². The largest absolute Gasteiger partial charge is 0.507 e. The molecule has 3 N–H and O–H groups in total. The van der Waals surface area contributed by atoms with Crippen molar-refractivity contribution in [1.82, 2.24) is 15.5 Å². The lowest BCUT2D eigenvalue weighted by Gasteiger charge is -2.07. The Morgan fingerprint density at radius 2 is 2.39 bits per heavy atom. The number of ether oxygens (including phenoxy) is 1. The van der Waals surface area contributed by atoms with Gasteiger partial charge in [0.1, 0.15) is 11.5 Å². The van der Waals surface area contributed by atoms with Crippen molar-refractivity contribution in [2.75, 3.05) is 7.11 Å². The van der Waals surface area contributed by atoms with E-state index in [1.54, 1.807) is 18.5 Å². The van der Waals surface area contributed by atoms with Crippen LogP contribution in [0.25, 0.3) is 0 Å². The number of carbonyl (C=O) groups excluding carboxylic acids is 1. The quantitative estimate of drug-likeness (QED) is 0.753. The van der Waals surface area contributed by atoms with Crippen LogP contribution in [0.1, 0.15) is 15.9 Å². The Labute approximate surface area is 104 Å². The maximum absolute atomic E-state index is 11.9. The van der Waals surface area contributed by atoms with E-state index in [-0.39, 0.29) is 17.2 Å². The van der Waals surface area contributed by atoms with Crippen LogP contribution in [-0.4, -0.2) is 28.3 Å². The number of phenolic OH excluding ortho intramolecular Hbond substituents is 1. The number of carbonyl (C=O) groups is 1. The summed E-state index contributed by atoms with van der Waals surface area (Å²) < 4.78 is 5.00. The molecule has 0 aliphatic rings. The molecule has 1 amide bonds. The first kappa shape index (κ1) is 12.0. The number of hydrogen-bond donors (Lipinski definition) is 3. The molecule has 0 spiro atoms. The summed E-state index contributed by atoms with van der Waals surface area (Å²) in [5.41, 5.74) is 1.03. The minimum absolute atomic E-state index is 0.0829. The Hall–Kier alpha value is -2.50.